The lowest BCUT2D eigenvalue weighted by Gasteiger charge is -2.20. The summed E-state index contributed by atoms with van der Waals surface area (Å²) in [7, 11) is 1.82. The molecule has 0 bridgehead atoms. The van der Waals surface area contributed by atoms with Crippen molar-refractivity contribution >= 4 is 28.3 Å². The molecule has 1 aromatic carbocycles. The first-order valence-electron chi connectivity index (χ1n) is 11.3. The van der Waals surface area contributed by atoms with Crippen molar-refractivity contribution in [2.24, 2.45) is 7.05 Å². The zero-order chi connectivity index (χ0) is 24.7. The first-order chi connectivity index (χ1) is 16.8. The zero-order valence-corrected chi connectivity index (χ0v) is 20.7. The molecule has 0 spiro atoms. The molecule has 5 rings (SSSR count). The van der Waals surface area contributed by atoms with Crippen LogP contribution < -0.4 is 5.32 Å². The van der Waals surface area contributed by atoms with Crippen LogP contribution in [-0.2, 0) is 7.05 Å². The third kappa shape index (κ3) is 4.23. The molecule has 9 heteroatoms. The number of aromatic nitrogens is 5. The Morgan fingerprint density at radius 1 is 1.17 bits per heavy atom. The molecule has 7 nitrogen and oxygen atoms in total. The maximum Gasteiger partial charge on any atom is 0.253 e. The third-order valence-corrected chi connectivity index (χ3v) is 6.92. The standard InChI is InChI=1S/C26H25FN6OS/c1-15(2)33-24-19(14-29-33)18(13-21(30-24)22-10-9-16(3)35-22)26(34)31-23(25-28-11-12-32(25)4)17-7-5-6-8-20(17)27/h5-15,23H,1-4H3,(H,31,34)/t23-/m0/s1. The Kier molecular flexibility index (Phi) is 5.94. The van der Waals surface area contributed by atoms with E-state index in [0.29, 0.717) is 33.7 Å². The van der Waals surface area contributed by atoms with E-state index in [0.717, 1.165) is 9.75 Å². The van der Waals surface area contributed by atoms with Crippen LogP contribution >= 0.6 is 11.3 Å². The Morgan fingerprint density at radius 2 is 1.97 bits per heavy atom. The number of halogens is 1. The van der Waals surface area contributed by atoms with E-state index in [1.54, 1.807) is 58.8 Å². The SMILES string of the molecule is Cc1ccc(-c2cc(C(=O)N[C@@H](c3ccccc3F)c3nccn3C)c3cnn(C(C)C)c3n2)s1. The number of fused-ring (bicyclic) bond motifs is 1. The molecule has 4 heterocycles. The monoisotopic (exact) mass is 488 g/mol. The van der Waals surface area contributed by atoms with E-state index < -0.39 is 11.9 Å². The summed E-state index contributed by atoms with van der Waals surface area (Å²) >= 11 is 1.61. The third-order valence-electron chi connectivity index (χ3n) is 5.90. The smallest absolute Gasteiger partial charge is 0.253 e. The Labute approximate surface area is 206 Å². The molecule has 0 fully saturated rings. The number of carbonyl (C=O) groups excluding carboxylic acids is 1. The number of thiophene rings is 1. The van der Waals surface area contributed by atoms with E-state index in [4.69, 9.17) is 4.98 Å². The summed E-state index contributed by atoms with van der Waals surface area (Å²) in [6.07, 6.45) is 5.06. The zero-order valence-electron chi connectivity index (χ0n) is 19.9. The van der Waals surface area contributed by atoms with E-state index >= 15 is 0 Å². The van der Waals surface area contributed by atoms with Gasteiger partial charge < -0.3 is 9.88 Å². The summed E-state index contributed by atoms with van der Waals surface area (Å²) in [5, 5.41) is 8.16. The lowest BCUT2D eigenvalue weighted by atomic mass is 10.0. The molecule has 4 aromatic heterocycles. The first-order valence-corrected chi connectivity index (χ1v) is 12.1. The number of nitrogens with zero attached hydrogens (tertiary/aromatic N) is 5. The molecule has 1 atom stereocenters. The van der Waals surface area contributed by atoms with Gasteiger partial charge in [0.15, 0.2) is 5.65 Å². The Morgan fingerprint density at radius 3 is 2.63 bits per heavy atom. The summed E-state index contributed by atoms with van der Waals surface area (Å²) in [4.78, 5) is 25.2. The van der Waals surface area contributed by atoms with Gasteiger partial charge in [-0.1, -0.05) is 18.2 Å². The van der Waals surface area contributed by atoms with Gasteiger partial charge in [0.25, 0.3) is 5.91 Å². The summed E-state index contributed by atoms with van der Waals surface area (Å²) in [5.74, 6) is -0.240. The minimum absolute atomic E-state index is 0.0648. The van der Waals surface area contributed by atoms with E-state index in [2.05, 4.69) is 15.4 Å². The predicted molar refractivity (Wildman–Crippen MR) is 135 cm³/mol. The molecule has 5 aromatic rings. The number of carbonyl (C=O) groups is 1. The fourth-order valence-corrected chi connectivity index (χ4v) is 4.97. The lowest BCUT2D eigenvalue weighted by Crippen LogP contribution is -2.32. The molecular formula is C26H25FN6OS. The number of hydrogen-bond donors (Lipinski definition) is 1. The topological polar surface area (TPSA) is 77.6 Å². The van der Waals surface area contributed by atoms with Crippen molar-refractivity contribution in [2.75, 3.05) is 0 Å². The quantitative estimate of drug-likeness (QED) is 0.345. The number of benzene rings is 1. The van der Waals surface area contributed by atoms with Gasteiger partial charge in [-0.3, -0.25) is 4.79 Å². The van der Waals surface area contributed by atoms with Crippen molar-refractivity contribution in [1.29, 1.82) is 0 Å². The van der Waals surface area contributed by atoms with Gasteiger partial charge in [0.2, 0.25) is 0 Å². The number of amides is 1. The van der Waals surface area contributed by atoms with Gasteiger partial charge in [0.05, 0.1) is 27.7 Å². The Balaban J connectivity index is 1.64. The molecule has 0 aliphatic heterocycles. The van der Waals surface area contributed by atoms with E-state index in [-0.39, 0.29) is 11.9 Å². The fraction of sp³-hybridized carbons (Fsp3) is 0.231. The van der Waals surface area contributed by atoms with E-state index in [1.807, 2.05) is 44.6 Å². The van der Waals surface area contributed by atoms with Crippen LogP contribution in [0, 0.1) is 12.7 Å². The van der Waals surface area contributed by atoms with Crippen molar-refractivity contribution in [3.05, 3.63) is 88.7 Å². The number of pyridine rings is 1. The average molecular weight is 489 g/mol. The normalized spacial score (nSPS) is 12.4. The molecule has 1 amide bonds. The van der Waals surface area contributed by atoms with Gasteiger partial charge in [-0.15, -0.1) is 11.3 Å². The summed E-state index contributed by atoms with van der Waals surface area (Å²) in [5.41, 5.74) is 2.10. The Hall–Kier alpha value is -3.85. The fourth-order valence-electron chi connectivity index (χ4n) is 4.14. The van der Waals surface area contributed by atoms with Crippen LogP contribution in [0.1, 0.15) is 52.6 Å². The van der Waals surface area contributed by atoms with Gasteiger partial charge in [0, 0.05) is 35.9 Å². The second kappa shape index (κ2) is 9.07. The van der Waals surface area contributed by atoms with Crippen LogP contribution in [0.4, 0.5) is 4.39 Å². The molecule has 0 saturated carbocycles. The molecule has 0 aliphatic rings. The second-order valence-electron chi connectivity index (χ2n) is 8.71. The maximum absolute atomic E-state index is 14.8. The predicted octanol–water partition coefficient (Wildman–Crippen LogP) is 5.44. The van der Waals surface area contributed by atoms with Crippen LogP contribution in [0.25, 0.3) is 21.6 Å². The summed E-state index contributed by atoms with van der Waals surface area (Å²) < 4.78 is 18.4. The summed E-state index contributed by atoms with van der Waals surface area (Å²) in [6.45, 7) is 6.07. The Bertz CT molecular complexity index is 1530. The largest absolute Gasteiger partial charge is 0.338 e. The second-order valence-corrected chi connectivity index (χ2v) is 10.00. The highest BCUT2D eigenvalue weighted by molar-refractivity contribution is 7.15. The molecule has 0 unspecified atom stereocenters. The highest BCUT2D eigenvalue weighted by atomic mass is 32.1. The van der Waals surface area contributed by atoms with Crippen molar-refractivity contribution < 1.29 is 9.18 Å². The number of aryl methyl sites for hydroxylation is 2. The molecule has 0 aliphatic carbocycles. The number of hydrogen-bond acceptors (Lipinski definition) is 5. The number of nitrogens with one attached hydrogen (secondary N) is 1. The minimum Gasteiger partial charge on any atom is -0.338 e. The van der Waals surface area contributed by atoms with Crippen molar-refractivity contribution in [3.8, 4) is 10.6 Å². The van der Waals surface area contributed by atoms with Crippen LogP contribution in [0.2, 0.25) is 0 Å². The molecule has 0 radical (unpaired) electrons. The number of rotatable bonds is 6. The van der Waals surface area contributed by atoms with Gasteiger partial charge in [-0.05, 0) is 45.0 Å². The number of imidazole rings is 1. The van der Waals surface area contributed by atoms with Crippen molar-refractivity contribution in [1.82, 2.24) is 29.6 Å². The average Bonchev–Trinajstić information content (AvgIpc) is 3.56. The lowest BCUT2D eigenvalue weighted by molar-refractivity contribution is 0.0942. The van der Waals surface area contributed by atoms with Gasteiger partial charge in [-0.2, -0.15) is 5.10 Å². The summed E-state index contributed by atoms with van der Waals surface area (Å²) in [6, 6.07) is 11.5. The van der Waals surface area contributed by atoms with Crippen LogP contribution in [-0.4, -0.2) is 30.2 Å². The van der Waals surface area contributed by atoms with Crippen LogP contribution in [0.3, 0.4) is 0 Å². The van der Waals surface area contributed by atoms with E-state index in [1.165, 1.54) is 6.07 Å². The highest BCUT2D eigenvalue weighted by Crippen LogP contribution is 2.31. The molecule has 178 valence electrons. The van der Waals surface area contributed by atoms with Gasteiger partial charge in [-0.25, -0.2) is 19.0 Å². The first kappa shape index (κ1) is 22.9. The van der Waals surface area contributed by atoms with Crippen molar-refractivity contribution in [2.45, 2.75) is 32.9 Å². The van der Waals surface area contributed by atoms with Crippen LogP contribution in [0.5, 0.6) is 0 Å². The van der Waals surface area contributed by atoms with E-state index in [9.17, 15) is 9.18 Å². The highest BCUT2D eigenvalue weighted by Gasteiger charge is 2.26. The molecular weight excluding hydrogens is 463 g/mol. The van der Waals surface area contributed by atoms with Crippen LogP contribution in [0.15, 0.2) is 61.1 Å². The maximum atomic E-state index is 14.8. The molecule has 1 N–H and O–H groups in total. The molecule has 35 heavy (non-hydrogen) atoms. The molecule has 0 saturated heterocycles. The van der Waals surface area contributed by atoms with Gasteiger partial charge >= 0.3 is 0 Å². The minimum atomic E-state index is -0.778. The van der Waals surface area contributed by atoms with Crippen molar-refractivity contribution in [3.63, 3.8) is 0 Å². The van der Waals surface area contributed by atoms with Gasteiger partial charge in [0.1, 0.15) is 17.7 Å².